The molecule has 5 heteroatoms. The minimum atomic E-state index is -1.01. The second-order valence-corrected chi connectivity index (χ2v) is 8.23. The van der Waals surface area contributed by atoms with Crippen LogP contribution in [-0.4, -0.2) is 29.6 Å². The molecule has 2 N–H and O–H groups in total. The number of rotatable bonds is 17. The number of benzene rings is 1. The maximum atomic E-state index is 12.3. The van der Waals surface area contributed by atoms with Crippen molar-refractivity contribution in [2.45, 2.75) is 97.4 Å². The molecule has 30 heavy (non-hydrogen) atoms. The minimum Gasteiger partial charge on any atom is -0.494 e. The quantitative estimate of drug-likeness (QED) is 0.294. The summed E-state index contributed by atoms with van der Waals surface area (Å²) in [6.45, 7) is 6.66. The molecule has 2 atom stereocenters. The van der Waals surface area contributed by atoms with E-state index in [0.29, 0.717) is 18.6 Å². The SMILES string of the molecule is CCCCCCCCCCCCOc1ccc(C(=O)N[C@@H](C(=O)O)[C@H](C)CC)cc1. The van der Waals surface area contributed by atoms with Crippen molar-refractivity contribution in [2.24, 2.45) is 5.92 Å². The molecule has 0 saturated carbocycles. The zero-order valence-electron chi connectivity index (χ0n) is 19.1. The molecule has 0 aliphatic heterocycles. The standard InChI is InChI=1S/C25H41NO4/c1-4-6-7-8-9-10-11-12-13-14-19-30-22-17-15-21(16-18-22)24(27)26-23(25(28)29)20(3)5-2/h15-18,20,23H,4-14,19H2,1-3H3,(H,26,27)(H,28,29)/t20-,23-/m1/s1. The van der Waals surface area contributed by atoms with Crippen molar-refractivity contribution in [1.29, 1.82) is 0 Å². The fraction of sp³-hybridized carbons (Fsp3) is 0.680. The third-order valence-corrected chi connectivity index (χ3v) is 5.65. The zero-order chi connectivity index (χ0) is 22.2. The predicted octanol–water partition coefficient (Wildman–Crippen LogP) is 6.22. The van der Waals surface area contributed by atoms with Crippen molar-refractivity contribution in [1.82, 2.24) is 5.32 Å². The Balaban J connectivity index is 2.23. The Morgan fingerprint density at radius 1 is 0.900 bits per heavy atom. The molecule has 1 aromatic carbocycles. The number of ether oxygens (including phenoxy) is 1. The van der Waals surface area contributed by atoms with E-state index >= 15 is 0 Å². The fourth-order valence-electron chi connectivity index (χ4n) is 3.39. The summed E-state index contributed by atoms with van der Waals surface area (Å²) >= 11 is 0. The van der Waals surface area contributed by atoms with E-state index in [2.05, 4.69) is 12.2 Å². The van der Waals surface area contributed by atoms with Crippen molar-refractivity contribution >= 4 is 11.9 Å². The van der Waals surface area contributed by atoms with E-state index < -0.39 is 12.0 Å². The number of carbonyl (C=O) groups is 2. The van der Waals surface area contributed by atoms with Gasteiger partial charge in [0.15, 0.2) is 0 Å². The van der Waals surface area contributed by atoms with Crippen molar-refractivity contribution in [3.8, 4) is 5.75 Å². The molecular formula is C25H41NO4. The maximum absolute atomic E-state index is 12.3. The van der Waals surface area contributed by atoms with Gasteiger partial charge in [0.1, 0.15) is 11.8 Å². The van der Waals surface area contributed by atoms with Crippen LogP contribution in [0.4, 0.5) is 0 Å². The van der Waals surface area contributed by atoms with Gasteiger partial charge in [-0.25, -0.2) is 4.79 Å². The van der Waals surface area contributed by atoms with E-state index in [1.54, 1.807) is 24.3 Å². The van der Waals surface area contributed by atoms with Crippen LogP contribution in [-0.2, 0) is 4.79 Å². The van der Waals surface area contributed by atoms with Crippen LogP contribution in [0, 0.1) is 5.92 Å². The first-order valence-corrected chi connectivity index (χ1v) is 11.8. The smallest absolute Gasteiger partial charge is 0.326 e. The third-order valence-electron chi connectivity index (χ3n) is 5.65. The topological polar surface area (TPSA) is 75.6 Å². The number of hydrogen-bond donors (Lipinski definition) is 2. The van der Waals surface area contributed by atoms with Crippen LogP contribution in [0.1, 0.15) is 102 Å². The summed E-state index contributed by atoms with van der Waals surface area (Å²) in [5.74, 6) is -0.771. The molecule has 0 aliphatic rings. The summed E-state index contributed by atoms with van der Waals surface area (Å²) in [4.78, 5) is 23.7. The molecule has 0 heterocycles. The number of nitrogens with one attached hydrogen (secondary N) is 1. The molecule has 0 aromatic heterocycles. The van der Waals surface area contributed by atoms with Gasteiger partial charge in [-0.3, -0.25) is 4.79 Å². The van der Waals surface area contributed by atoms with E-state index in [4.69, 9.17) is 4.74 Å². The van der Waals surface area contributed by atoms with E-state index in [-0.39, 0.29) is 11.8 Å². The Kier molecular flexibility index (Phi) is 13.7. The molecule has 0 radical (unpaired) electrons. The first-order chi connectivity index (χ1) is 14.5. The highest BCUT2D eigenvalue weighted by atomic mass is 16.5. The average molecular weight is 420 g/mol. The predicted molar refractivity (Wildman–Crippen MR) is 122 cm³/mol. The van der Waals surface area contributed by atoms with E-state index in [9.17, 15) is 14.7 Å². The second-order valence-electron chi connectivity index (χ2n) is 8.23. The summed E-state index contributed by atoms with van der Waals surface area (Å²) in [5.41, 5.74) is 0.441. The highest BCUT2D eigenvalue weighted by Gasteiger charge is 2.25. The number of carboxylic acids is 1. The molecule has 5 nitrogen and oxygen atoms in total. The molecule has 0 unspecified atom stereocenters. The Morgan fingerprint density at radius 2 is 1.43 bits per heavy atom. The Hall–Kier alpha value is -2.04. The van der Waals surface area contributed by atoms with Crippen molar-refractivity contribution in [3.63, 3.8) is 0 Å². The minimum absolute atomic E-state index is 0.130. The summed E-state index contributed by atoms with van der Waals surface area (Å²) in [5, 5.41) is 11.9. The van der Waals surface area contributed by atoms with Crippen LogP contribution < -0.4 is 10.1 Å². The Bertz CT molecular complexity index is 600. The van der Waals surface area contributed by atoms with Gasteiger partial charge in [0.2, 0.25) is 0 Å². The summed E-state index contributed by atoms with van der Waals surface area (Å²) < 4.78 is 5.76. The molecule has 1 amide bonds. The Labute approximate surface area is 182 Å². The number of amides is 1. The van der Waals surface area contributed by atoms with Crippen LogP contribution in [0.3, 0.4) is 0 Å². The number of carboxylic acid groups (broad SMARTS) is 1. The number of unbranched alkanes of at least 4 members (excludes halogenated alkanes) is 9. The summed E-state index contributed by atoms with van der Waals surface area (Å²) in [6, 6.07) is 6.01. The van der Waals surface area contributed by atoms with Gasteiger partial charge in [-0.15, -0.1) is 0 Å². The zero-order valence-corrected chi connectivity index (χ0v) is 19.1. The molecule has 1 aromatic rings. The number of hydrogen-bond acceptors (Lipinski definition) is 3. The monoisotopic (exact) mass is 419 g/mol. The highest BCUT2D eigenvalue weighted by Crippen LogP contribution is 2.15. The number of carbonyl (C=O) groups excluding carboxylic acids is 1. The molecule has 0 bridgehead atoms. The lowest BCUT2D eigenvalue weighted by atomic mass is 9.99. The van der Waals surface area contributed by atoms with Crippen molar-refractivity contribution in [2.75, 3.05) is 6.61 Å². The van der Waals surface area contributed by atoms with Gasteiger partial charge >= 0.3 is 5.97 Å². The van der Waals surface area contributed by atoms with E-state index in [1.807, 2.05) is 13.8 Å². The maximum Gasteiger partial charge on any atom is 0.326 e. The lowest BCUT2D eigenvalue weighted by molar-refractivity contribution is -0.140. The average Bonchev–Trinajstić information content (AvgIpc) is 2.75. The molecule has 1 rings (SSSR count). The van der Waals surface area contributed by atoms with Crippen LogP contribution in [0.15, 0.2) is 24.3 Å². The van der Waals surface area contributed by atoms with E-state index in [1.165, 1.54) is 57.8 Å². The largest absolute Gasteiger partial charge is 0.494 e. The van der Waals surface area contributed by atoms with Crippen LogP contribution in [0.25, 0.3) is 0 Å². The second kappa shape index (κ2) is 15.8. The molecule has 170 valence electrons. The molecule has 0 fully saturated rings. The molecule has 0 saturated heterocycles. The van der Waals surface area contributed by atoms with Gasteiger partial charge in [0.25, 0.3) is 5.91 Å². The van der Waals surface area contributed by atoms with Gasteiger partial charge in [-0.05, 0) is 36.6 Å². The van der Waals surface area contributed by atoms with Gasteiger partial charge in [0.05, 0.1) is 6.61 Å². The third kappa shape index (κ3) is 10.7. The molecule has 0 aliphatic carbocycles. The van der Waals surface area contributed by atoms with Crippen LogP contribution >= 0.6 is 0 Å². The summed E-state index contributed by atoms with van der Waals surface area (Å²) in [7, 11) is 0. The lowest BCUT2D eigenvalue weighted by Crippen LogP contribution is -2.45. The van der Waals surface area contributed by atoms with E-state index in [0.717, 1.165) is 12.2 Å². The summed E-state index contributed by atoms with van der Waals surface area (Å²) in [6.07, 6.45) is 13.6. The van der Waals surface area contributed by atoms with Crippen molar-refractivity contribution in [3.05, 3.63) is 29.8 Å². The lowest BCUT2D eigenvalue weighted by Gasteiger charge is -2.20. The highest BCUT2D eigenvalue weighted by molar-refractivity contribution is 5.96. The fourth-order valence-corrected chi connectivity index (χ4v) is 3.39. The van der Waals surface area contributed by atoms with Crippen LogP contribution in [0.2, 0.25) is 0 Å². The molecular weight excluding hydrogens is 378 g/mol. The molecule has 0 spiro atoms. The normalized spacial score (nSPS) is 12.9. The number of aliphatic carboxylic acids is 1. The van der Waals surface area contributed by atoms with Crippen molar-refractivity contribution < 1.29 is 19.4 Å². The van der Waals surface area contributed by atoms with Gasteiger partial charge in [-0.1, -0.05) is 85.0 Å². The van der Waals surface area contributed by atoms with Gasteiger partial charge in [0, 0.05) is 5.56 Å². The first-order valence-electron chi connectivity index (χ1n) is 11.8. The van der Waals surface area contributed by atoms with Crippen LogP contribution in [0.5, 0.6) is 5.75 Å². The van der Waals surface area contributed by atoms with Gasteiger partial charge < -0.3 is 15.2 Å². The first kappa shape index (κ1) is 26.0. The Morgan fingerprint density at radius 3 is 1.93 bits per heavy atom. The van der Waals surface area contributed by atoms with Gasteiger partial charge in [-0.2, -0.15) is 0 Å².